The smallest absolute Gasteiger partial charge is 0.261 e. The lowest BCUT2D eigenvalue weighted by Crippen LogP contribution is -2.54. The van der Waals surface area contributed by atoms with Gasteiger partial charge < -0.3 is 9.88 Å². The van der Waals surface area contributed by atoms with Gasteiger partial charge in [0.1, 0.15) is 6.04 Å². The normalized spacial score (nSPS) is 16.8. The molecule has 0 aliphatic carbocycles. The zero-order valence-corrected chi connectivity index (χ0v) is 13.7. The Kier molecular flexibility index (Phi) is 3.92. The number of hydrogen-bond donors (Lipinski definition) is 1. The van der Waals surface area contributed by atoms with Crippen molar-refractivity contribution in [3.63, 3.8) is 0 Å². The quantitative estimate of drug-likeness (QED) is 0.904. The summed E-state index contributed by atoms with van der Waals surface area (Å²) < 4.78 is 1.33. The standard InChI is InChI=1S/C17H18N4O3/c1-10(2)14-16(23)19-12-5-4-8-18-15(12)21(14)17(24)11-6-7-13(22)20(3)9-11/h4-10,14H,1-3H3,(H,19,23)/t14-/m0/s1. The Morgan fingerprint density at radius 2 is 2.00 bits per heavy atom. The molecule has 1 N–H and O–H groups in total. The Labute approximate surface area is 138 Å². The summed E-state index contributed by atoms with van der Waals surface area (Å²) >= 11 is 0. The highest BCUT2D eigenvalue weighted by Gasteiger charge is 2.40. The molecule has 0 bridgehead atoms. The molecule has 0 spiro atoms. The number of nitrogens with one attached hydrogen (secondary N) is 1. The van der Waals surface area contributed by atoms with Crippen LogP contribution in [0.2, 0.25) is 0 Å². The monoisotopic (exact) mass is 326 g/mol. The van der Waals surface area contributed by atoms with Crippen molar-refractivity contribution in [2.24, 2.45) is 13.0 Å². The number of aromatic nitrogens is 2. The maximum absolute atomic E-state index is 13.1. The van der Waals surface area contributed by atoms with Crippen LogP contribution in [-0.4, -0.2) is 27.4 Å². The van der Waals surface area contributed by atoms with Gasteiger partial charge in [0.15, 0.2) is 5.82 Å². The van der Waals surface area contributed by atoms with E-state index in [0.717, 1.165) is 0 Å². The molecule has 2 aromatic heterocycles. The van der Waals surface area contributed by atoms with Gasteiger partial charge in [-0.05, 0) is 24.1 Å². The lowest BCUT2D eigenvalue weighted by Gasteiger charge is -2.37. The van der Waals surface area contributed by atoms with Gasteiger partial charge in [-0.15, -0.1) is 0 Å². The van der Waals surface area contributed by atoms with Gasteiger partial charge in [0, 0.05) is 25.5 Å². The Bertz CT molecular complexity index is 872. The molecule has 3 heterocycles. The van der Waals surface area contributed by atoms with E-state index in [1.807, 2.05) is 13.8 Å². The minimum Gasteiger partial charge on any atom is -0.321 e. The van der Waals surface area contributed by atoms with Gasteiger partial charge in [0.2, 0.25) is 11.5 Å². The van der Waals surface area contributed by atoms with E-state index < -0.39 is 6.04 Å². The van der Waals surface area contributed by atoms with E-state index in [1.165, 1.54) is 27.8 Å². The summed E-state index contributed by atoms with van der Waals surface area (Å²) in [5, 5.41) is 2.80. The van der Waals surface area contributed by atoms with E-state index in [4.69, 9.17) is 0 Å². The fourth-order valence-electron chi connectivity index (χ4n) is 2.83. The lowest BCUT2D eigenvalue weighted by molar-refractivity contribution is -0.118. The summed E-state index contributed by atoms with van der Waals surface area (Å²) in [5.74, 6) is -0.297. The molecule has 0 saturated heterocycles. The molecule has 1 aliphatic heterocycles. The number of amides is 2. The summed E-state index contributed by atoms with van der Waals surface area (Å²) in [5.41, 5.74) is 0.619. The number of aryl methyl sites for hydroxylation is 1. The van der Waals surface area contributed by atoms with Gasteiger partial charge in [-0.2, -0.15) is 0 Å². The Balaban J connectivity index is 2.13. The number of anilines is 2. The van der Waals surface area contributed by atoms with Crippen LogP contribution in [0.15, 0.2) is 41.5 Å². The first-order chi connectivity index (χ1) is 11.4. The third-order valence-electron chi connectivity index (χ3n) is 4.00. The van der Waals surface area contributed by atoms with E-state index in [-0.39, 0.29) is 23.3 Å². The fraction of sp³-hybridized carbons (Fsp3) is 0.294. The number of carbonyl (C=O) groups excluding carboxylic acids is 2. The Hall–Kier alpha value is -2.96. The molecule has 24 heavy (non-hydrogen) atoms. The van der Waals surface area contributed by atoms with Gasteiger partial charge in [-0.25, -0.2) is 4.98 Å². The van der Waals surface area contributed by atoms with Crippen molar-refractivity contribution in [1.29, 1.82) is 0 Å². The summed E-state index contributed by atoms with van der Waals surface area (Å²) in [7, 11) is 1.58. The number of rotatable bonds is 2. The summed E-state index contributed by atoms with van der Waals surface area (Å²) in [6.45, 7) is 3.75. The number of carbonyl (C=O) groups is 2. The Morgan fingerprint density at radius 1 is 1.25 bits per heavy atom. The van der Waals surface area contributed by atoms with Crippen LogP contribution in [0.4, 0.5) is 11.5 Å². The van der Waals surface area contributed by atoms with Gasteiger partial charge in [0.05, 0.1) is 11.3 Å². The maximum atomic E-state index is 13.1. The largest absolute Gasteiger partial charge is 0.321 e. The number of nitrogens with zero attached hydrogens (tertiary/aromatic N) is 3. The predicted molar refractivity (Wildman–Crippen MR) is 90.0 cm³/mol. The highest BCUT2D eigenvalue weighted by molar-refractivity contribution is 6.15. The van der Waals surface area contributed by atoms with Crippen molar-refractivity contribution in [3.8, 4) is 0 Å². The van der Waals surface area contributed by atoms with E-state index in [1.54, 1.807) is 25.4 Å². The first kappa shape index (κ1) is 15.9. The van der Waals surface area contributed by atoms with E-state index >= 15 is 0 Å². The van der Waals surface area contributed by atoms with Crippen LogP contribution in [-0.2, 0) is 11.8 Å². The molecule has 0 radical (unpaired) electrons. The van der Waals surface area contributed by atoms with Crippen LogP contribution in [0.1, 0.15) is 24.2 Å². The number of fused-ring (bicyclic) bond motifs is 1. The van der Waals surface area contributed by atoms with Crippen molar-refractivity contribution >= 4 is 23.3 Å². The highest BCUT2D eigenvalue weighted by Crippen LogP contribution is 2.33. The molecular formula is C17H18N4O3. The van der Waals surface area contributed by atoms with Gasteiger partial charge in [-0.1, -0.05) is 13.8 Å². The molecular weight excluding hydrogens is 308 g/mol. The summed E-state index contributed by atoms with van der Waals surface area (Å²) in [6, 6.07) is 5.54. The minimum absolute atomic E-state index is 0.100. The third kappa shape index (κ3) is 2.58. The second-order valence-corrected chi connectivity index (χ2v) is 6.09. The number of hydrogen-bond acceptors (Lipinski definition) is 4. The average Bonchev–Trinajstić information content (AvgIpc) is 2.55. The highest BCUT2D eigenvalue weighted by atomic mass is 16.2. The Morgan fingerprint density at radius 3 is 2.67 bits per heavy atom. The van der Waals surface area contributed by atoms with Crippen LogP contribution in [0.5, 0.6) is 0 Å². The van der Waals surface area contributed by atoms with Crippen LogP contribution in [0, 0.1) is 5.92 Å². The third-order valence-corrected chi connectivity index (χ3v) is 4.00. The van der Waals surface area contributed by atoms with Crippen molar-refractivity contribution in [3.05, 3.63) is 52.6 Å². The average molecular weight is 326 g/mol. The first-order valence-electron chi connectivity index (χ1n) is 7.66. The maximum Gasteiger partial charge on any atom is 0.261 e. The van der Waals surface area contributed by atoms with E-state index in [0.29, 0.717) is 17.1 Å². The summed E-state index contributed by atoms with van der Waals surface area (Å²) in [6.07, 6.45) is 3.05. The molecule has 1 aliphatic rings. The second kappa shape index (κ2) is 5.92. The van der Waals surface area contributed by atoms with Crippen molar-refractivity contribution in [1.82, 2.24) is 9.55 Å². The molecule has 7 nitrogen and oxygen atoms in total. The molecule has 7 heteroatoms. The van der Waals surface area contributed by atoms with Crippen LogP contribution >= 0.6 is 0 Å². The molecule has 124 valence electrons. The van der Waals surface area contributed by atoms with Crippen LogP contribution in [0.25, 0.3) is 0 Å². The molecule has 0 aromatic carbocycles. The molecule has 0 saturated carbocycles. The molecule has 3 rings (SSSR count). The number of pyridine rings is 2. The minimum atomic E-state index is -0.669. The topological polar surface area (TPSA) is 84.3 Å². The second-order valence-electron chi connectivity index (χ2n) is 6.09. The molecule has 0 fully saturated rings. The van der Waals surface area contributed by atoms with Gasteiger partial charge >= 0.3 is 0 Å². The van der Waals surface area contributed by atoms with Crippen LogP contribution in [0.3, 0.4) is 0 Å². The summed E-state index contributed by atoms with van der Waals surface area (Å²) in [4.78, 5) is 42.8. The van der Waals surface area contributed by atoms with Crippen molar-refractivity contribution in [2.45, 2.75) is 19.9 Å². The van der Waals surface area contributed by atoms with Crippen molar-refractivity contribution < 1.29 is 9.59 Å². The zero-order valence-electron chi connectivity index (χ0n) is 13.7. The zero-order chi connectivity index (χ0) is 17.4. The first-order valence-corrected chi connectivity index (χ1v) is 7.66. The molecule has 2 amide bonds. The molecule has 1 atom stereocenters. The van der Waals surface area contributed by atoms with E-state index in [2.05, 4.69) is 10.3 Å². The van der Waals surface area contributed by atoms with Crippen molar-refractivity contribution in [2.75, 3.05) is 10.2 Å². The molecule has 2 aromatic rings. The lowest BCUT2D eigenvalue weighted by atomic mass is 9.98. The SMILES string of the molecule is CC(C)[C@H]1C(=O)Nc2cccnc2N1C(=O)c1ccc(=O)n(C)c1. The van der Waals surface area contributed by atoms with Gasteiger partial charge in [0.25, 0.3) is 5.91 Å². The van der Waals surface area contributed by atoms with Gasteiger partial charge in [-0.3, -0.25) is 19.3 Å². The van der Waals surface area contributed by atoms with E-state index in [9.17, 15) is 14.4 Å². The fourth-order valence-corrected chi connectivity index (χ4v) is 2.83. The predicted octanol–water partition coefficient (Wildman–Crippen LogP) is 1.40. The van der Waals surface area contributed by atoms with Crippen LogP contribution < -0.4 is 15.8 Å². The molecule has 0 unspecified atom stereocenters.